The van der Waals surface area contributed by atoms with E-state index in [4.69, 9.17) is 21.1 Å². The fourth-order valence-corrected chi connectivity index (χ4v) is 4.18. The van der Waals surface area contributed by atoms with Crippen LogP contribution in [0.1, 0.15) is 32.7 Å². The normalized spacial score (nSPS) is 15.1. The zero-order valence-electron chi connectivity index (χ0n) is 20.1. The number of hydrogen-bond acceptors (Lipinski definition) is 7. The summed E-state index contributed by atoms with van der Waals surface area (Å²) < 4.78 is 10.2. The SMILES string of the molecule is COc1ccc(C(=O)COC(=O)c2ccc(N3C(=O)CC(NCCc4cccc(Cl)c4)C3=O)cc2)cc1. The van der Waals surface area contributed by atoms with Crippen molar-refractivity contribution >= 4 is 40.9 Å². The smallest absolute Gasteiger partial charge is 0.338 e. The van der Waals surface area contributed by atoms with Gasteiger partial charge in [-0.3, -0.25) is 14.4 Å². The number of rotatable bonds is 10. The first kappa shape index (κ1) is 26.1. The molecule has 3 aromatic rings. The Labute approximate surface area is 219 Å². The van der Waals surface area contributed by atoms with E-state index in [1.165, 1.54) is 31.4 Å². The van der Waals surface area contributed by atoms with Gasteiger partial charge in [0.2, 0.25) is 5.91 Å². The molecule has 4 rings (SSSR count). The third kappa shape index (κ3) is 6.41. The number of anilines is 1. The first-order valence-electron chi connectivity index (χ1n) is 11.6. The minimum atomic E-state index is -0.687. The lowest BCUT2D eigenvalue weighted by Crippen LogP contribution is -2.39. The van der Waals surface area contributed by atoms with Gasteiger partial charge in [-0.05, 0) is 79.2 Å². The Morgan fingerprint density at radius 1 is 1.00 bits per heavy atom. The molecule has 1 atom stereocenters. The third-order valence-electron chi connectivity index (χ3n) is 5.95. The number of Topliss-reactive ketones (excluding diaryl/α,β-unsaturated/α-hetero) is 1. The fraction of sp³-hybridized carbons (Fsp3) is 0.214. The van der Waals surface area contributed by atoms with Crippen molar-refractivity contribution in [3.05, 3.63) is 94.5 Å². The molecule has 0 aromatic heterocycles. The van der Waals surface area contributed by atoms with E-state index in [2.05, 4.69) is 5.32 Å². The molecule has 3 aromatic carbocycles. The van der Waals surface area contributed by atoms with Crippen LogP contribution < -0.4 is 15.0 Å². The second-order valence-corrected chi connectivity index (χ2v) is 8.87. The van der Waals surface area contributed by atoms with E-state index in [9.17, 15) is 19.2 Å². The van der Waals surface area contributed by atoms with Crippen molar-refractivity contribution in [2.75, 3.05) is 25.2 Å². The largest absolute Gasteiger partial charge is 0.497 e. The van der Waals surface area contributed by atoms with E-state index in [-0.39, 0.29) is 29.6 Å². The van der Waals surface area contributed by atoms with Crippen molar-refractivity contribution in [3.63, 3.8) is 0 Å². The Morgan fingerprint density at radius 2 is 1.70 bits per heavy atom. The van der Waals surface area contributed by atoms with Crippen LogP contribution in [0.25, 0.3) is 0 Å². The molecule has 1 N–H and O–H groups in total. The second-order valence-electron chi connectivity index (χ2n) is 8.43. The maximum Gasteiger partial charge on any atom is 0.338 e. The van der Waals surface area contributed by atoms with E-state index in [0.717, 1.165) is 10.5 Å². The number of ketones is 1. The van der Waals surface area contributed by atoms with Gasteiger partial charge in [-0.2, -0.15) is 0 Å². The van der Waals surface area contributed by atoms with Gasteiger partial charge < -0.3 is 14.8 Å². The number of nitrogens with one attached hydrogen (secondary N) is 1. The number of benzene rings is 3. The number of esters is 1. The average molecular weight is 521 g/mol. The number of methoxy groups -OCH3 is 1. The summed E-state index contributed by atoms with van der Waals surface area (Å²) in [4.78, 5) is 51.2. The Bertz CT molecular complexity index is 1310. The van der Waals surface area contributed by atoms with Crippen molar-refractivity contribution in [2.24, 2.45) is 0 Å². The van der Waals surface area contributed by atoms with Crippen molar-refractivity contribution in [2.45, 2.75) is 18.9 Å². The highest BCUT2D eigenvalue weighted by Crippen LogP contribution is 2.24. The van der Waals surface area contributed by atoms with Crippen molar-refractivity contribution in [1.82, 2.24) is 5.32 Å². The van der Waals surface area contributed by atoms with Crippen LogP contribution in [-0.4, -0.2) is 49.9 Å². The summed E-state index contributed by atoms with van der Waals surface area (Å²) in [5.41, 5.74) is 1.98. The molecule has 2 amide bonds. The summed E-state index contributed by atoms with van der Waals surface area (Å²) in [7, 11) is 1.53. The maximum absolute atomic E-state index is 12.9. The standard InChI is InChI=1S/C28H25ClN2O6/c1-36-23-11-7-19(8-12-23)25(32)17-37-28(35)20-5-9-22(10-6-20)31-26(33)16-24(27(31)34)30-14-13-18-3-2-4-21(29)15-18/h2-12,15,24,30H,13-14,16-17H2,1H3. The highest BCUT2D eigenvalue weighted by atomic mass is 35.5. The molecular weight excluding hydrogens is 496 g/mol. The first-order valence-corrected chi connectivity index (χ1v) is 12.0. The fourth-order valence-electron chi connectivity index (χ4n) is 3.97. The number of imide groups is 1. The van der Waals surface area contributed by atoms with Crippen LogP contribution >= 0.6 is 11.6 Å². The van der Waals surface area contributed by atoms with Crippen LogP contribution in [0.15, 0.2) is 72.8 Å². The Kier molecular flexibility index (Phi) is 8.32. The minimum absolute atomic E-state index is 0.0473. The summed E-state index contributed by atoms with van der Waals surface area (Å²) in [6.07, 6.45) is 0.710. The van der Waals surface area contributed by atoms with Crippen molar-refractivity contribution in [3.8, 4) is 5.75 Å². The van der Waals surface area contributed by atoms with Crippen LogP contribution in [0.4, 0.5) is 5.69 Å². The Hall–Kier alpha value is -4.01. The molecule has 9 heteroatoms. The number of carbonyl (C=O) groups is 4. The molecule has 0 bridgehead atoms. The van der Waals surface area contributed by atoms with E-state index < -0.39 is 18.6 Å². The molecule has 1 aliphatic heterocycles. The molecule has 1 heterocycles. The first-order chi connectivity index (χ1) is 17.9. The Balaban J connectivity index is 1.30. The summed E-state index contributed by atoms with van der Waals surface area (Å²) in [5.74, 6) is -1.10. The number of hydrogen-bond donors (Lipinski definition) is 1. The van der Waals surface area contributed by atoms with Gasteiger partial charge in [0.25, 0.3) is 5.91 Å². The summed E-state index contributed by atoms with van der Waals surface area (Å²) in [6.45, 7) is 0.0937. The van der Waals surface area contributed by atoms with Gasteiger partial charge in [0, 0.05) is 10.6 Å². The van der Waals surface area contributed by atoms with E-state index in [1.54, 1.807) is 30.3 Å². The quantitative estimate of drug-likeness (QED) is 0.246. The lowest BCUT2D eigenvalue weighted by atomic mass is 10.1. The molecule has 0 radical (unpaired) electrons. The Morgan fingerprint density at radius 3 is 2.38 bits per heavy atom. The van der Waals surface area contributed by atoms with E-state index >= 15 is 0 Å². The third-order valence-corrected chi connectivity index (χ3v) is 6.18. The lowest BCUT2D eigenvalue weighted by Gasteiger charge is -2.16. The molecule has 1 aliphatic rings. The topological polar surface area (TPSA) is 102 Å². The molecular formula is C28H25ClN2O6. The predicted molar refractivity (Wildman–Crippen MR) is 138 cm³/mol. The molecule has 1 saturated heterocycles. The van der Waals surface area contributed by atoms with E-state index in [1.807, 2.05) is 18.2 Å². The zero-order valence-corrected chi connectivity index (χ0v) is 20.9. The molecule has 1 unspecified atom stereocenters. The van der Waals surface area contributed by atoms with Gasteiger partial charge in [0.15, 0.2) is 12.4 Å². The van der Waals surface area contributed by atoms with Crippen LogP contribution in [0.3, 0.4) is 0 Å². The van der Waals surface area contributed by atoms with Crippen molar-refractivity contribution < 1.29 is 28.7 Å². The van der Waals surface area contributed by atoms with Gasteiger partial charge in [0.1, 0.15) is 5.75 Å². The molecule has 1 fully saturated rings. The van der Waals surface area contributed by atoms with Gasteiger partial charge in [-0.1, -0.05) is 23.7 Å². The molecule has 0 spiro atoms. The zero-order chi connectivity index (χ0) is 26.4. The molecule has 8 nitrogen and oxygen atoms in total. The molecule has 0 saturated carbocycles. The van der Waals surface area contributed by atoms with Gasteiger partial charge in [-0.15, -0.1) is 0 Å². The average Bonchev–Trinajstić information content (AvgIpc) is 3.19. The summed E-state index contributed by atoms with van der Waals surface area (Å²) in [6, 6.07) is 19.2. The molecule has 0 aliphatic carbocycles. The molecule has 190 valence electrons. The minimum Gasteiger partial charge on any atom is -0.497 e. The van der Waals surface area contributed by atoms with Crippen LogP contribution in [0.5, 0.6) is 5.75 Å². The lowest BCUT2D eigenvalue weighted by molar-refractivity contribution is -0.121. The van der Waals surface area contributed by atoms with Crippen LogP contribution in [-0.2, 0) is 20.7 Å². The summed E-state index contributed by atoms with van der Waals surface area (Å²) in [5, 5.41) is 3.78. The van der Waals surface area contributed by atoms with Gasteiger partial charge in [-0.25, -0.2) is 9.69 Å². The maximum atomic E-state index is 12.9. The monoisotopic (exact) mass is 520 g/mol. The number of nitrogens with zero attached hydrogens (tertiary/aromatic N) is 1. The second kappa shape index (κ2) is 11.8. The number of ether oxygens (including phenoxy) is 2. The van der Waals surface area contributed by atoms with Gasteiger partial charge in [0.05, 0.1) is 30.8 Å². The summed E-state index contributed by atoms with van der Waals surface area (Å²) >= 11 is 6.00. The predicted octanol–water partition coefficient (Wildman–Crippen LogP) is 3.85. The number of amides is 2. The van der Waals surface area contributed by atoms with Gasteiger partial charge >= 0.3 is 5.97 Å². The number of halogens is 1. The van der Waals surface area contributed by atoms with E-state index in [0.29, 0.717) is 35.0 Å². The van der Waals surface area contributed by atoms with Crippen molar-refractivity contribution in [1.29, 1.82) is 0 Å². The number of carbonyl (C=O) groups excluding carboxylic acids is 4. The highest BCUT2D eigenvalue weighted by Gasteiger charge is 2.39. The van der Waals surface area contributed by atoms with Crippen LogP contribution in [0, 0.1) is 0 Å². The highest BCUT2D eigenvalue weighted by molar-refractivity contribution is 6.30. The molecule has 37 heavy (non-hydrogen) atoms. The van der Waals surface area contributed by atoms with Crippen LogP contribution in [0.2, 0.25) is 5.02 Å².